The van der Waals surface area contributed by atoms with Crippen LogP contribution in [0.15, 0.2) is 18.3 Å². The molecule has 0 aliphatic heterocycles. The average molecular weight is 291 g/mol. The third-order valence-corrected chi connectivity index (χ3v) is 3.87. The molecule has 1 aliphatic carbocycles. The zero-order valence-electron chi connectivity index (χ0n) is 12.2. The first-order valence-corrected chi connectivity index (χ1v) is 7.23. The molecule has 0 spiro atoms. The van der Waals surface area contributed by atoms with Gasteiger partial charge in [0.2, 0.25) is 0 Å². The molecule has 3 N–H and O–H groups in total. The maximum atomic E-state index is 11.9. The fourth-order valence-electron chi connectivity index (χ4n) is 2.61. The lowest BCUT2D eigenvalue weighted by atomic mass is 9.83. The van der Waals surface area contributed by atoms with E-state index >= 15 is 0 Å². The average Bonchev–Trinajstić information content (AvgIpc) is 2.46. The number of nitrogens with one attached hydrogen (secondary N) is 2. The van der Waals surface area contributed by atoms with Gasteiger partial charge in [-0.2, -0.15) is 0 Å². The first-order valence-electron chi connectivity index (χ1n) is 7.23. The van der Waals surface area contributed by atoms with Crippen LogP contribution in [0.25, 0.3) is 0 Å². The van der Waals surface area contributed by atoms with Gasteiger partial charge in [-0.3, -0.25) is 0 Å². The summed E-state index contributed by atoms with van der Waals surface area (Å²) < 4.78 is 0. The smallest absolute Gasteiger partial charge is 0.354 e. The number of hydrogen-bond acceptors (Lipinski definition) is 3. The molecule has 6 nitrogen and oxygen atoms in total. The summed E-state index contributed by atoms with van der Waals surface area (Å²) in [6.07, 6.45) is 7.02. The molecular weight excluding hydrogens is 270 g/mol. The van der Waals surface area contributed by atoms with Gasteiger partial charge in [-0.25, -0.2) is 14.6 Å². The molecule has 21 heavy (non-hydrogen) atoms. The number of carboxylic acids is 1. The van der Waals surface area contributed by atoms with Crippen LogP contribution in [0.3, 0.4) is 0 Å². The highest BCUT2D eigenvalue weighted by Gasteiger charge is 2.28. The van der Waals surface area contributed by atoms with Gasteiger partial charge in [-0.05, 0) is 31.4 Å². The Morgan fingerprint density at radius 2 is 2.00 bits per heavy atom. The highest BCUT2D eigenvalue weighted by molar-refractivity contribution is 5.85. The number of carbonyl (C=O) groups excluding carboxylic acids is 1. The van der Waals surface area contributed by atoms with Crippen LogP contribution in [-0.4, -0.2) is 27.6 Å². The zero-order valence-corrected chi connectivity index (χ0v) is 12.2. The van der Waals surface area contributed by atoms with E-state index in [2.05, 4.69) is 22.5 Å². The van der Waals surface area contributed by atoms with Crippen molar-refractivity contribution in [2.75, 3.05) is 0 Å². The van der Waals surface area contributed by atoms with Gasteiger partial charge in [0.25, 0.3) is 0 Å². The number of urea groups is 1. The van der Waals surface area contributed by atoms with Gasteiger partial charge in [-0.15, -0.1) is 0 Å². The van der Waals surface area contributed by atoms with Gasteiger partial charge in [0.1, 0.15) is 5.69 Å². The third kappa shape index (κ3) is 4.44. The van der Waals surface area contributed by atoms with Gasteiger partial charge in [0.05, 0.1) is 0 Å². The topological polar surface area (TPSA) is 91.3 Å². The third-order valence-electron chi connectivity index (χ3n) is 3.87. The van der Waals surface area contributed by atoms with Gasteiger partial charge < -0.3 is 15.7 Å². The first-order chi connectivity index (χ1) is 9.98. The second-order valence-electron chi connectivity index (χ2n) is 5.79. The van der Waals surface area contributed by atoms with Crippen LogP contribution in [0.4, 0.5) is 4.79 Å². The minimum atomic E-state index is -1.06. The van der Waals surface area contributed by atoms with Gasteiger partial charge in [-0.1, -0.05) is 25.3 Å². The van der Waals surface area contributed by atoms with E-state index in [1.165, 1.54) is 18.7 Å². The van der Waals surface area contributed by atoms with E-state index in [1.807, 2.05) is 0 Å². The van der Waals surface area contributed by atoms with Crippen LogP contribution in [0.5, 0.6) is 0 Å². The molecule has 6 heteroatoms. The number of nitrogens with zero attached hydrogens (tertiary/aromatic N) is 1. The van der Waals surface area contributed by atoms with Crippen LogP contribution < -0.4 is 10.6 Å². The molecule has 0 aromatic carbocycles. The second kappa shape index (κ2) is 6.56. The molecule has 0 atom stereocenters. The Morgan fingerprint density at radius 3 is 2.57 bits per heavy atom. The molecule has 1 heterocycles. The second-order valence-corrected chi connectivity index (χ2v) is 5.79. The van der Waals surface area contributed by atoms with Gasteiger partial charge in [0.15, 0.2) is 0 Å². The predicted octanol–water partition coefficient (Wildman–Crippen LogP) is 2.30. The highest BCUT2D eigenvalue weighted by Crippen LogP contribution is 2.27. The number of aromatic carboxylic acids is 1. The van der Waals surface area contributed by atoms with Crippen LogP contribution in [0.2, 0.25) is 0 Å². The molecule has 0 bridgehead atoms. The number of hydrogen-bond donors (Lipinski definition) is 3. The van der Waals surface area contributed by atoms with Crippen molar-refractivity contribution in [2.45, 2.75) is 51.1 Å². The molecule has 0 saturated heterocycles. The van der Waals surface area contributed by atoms with Crippen molar-refractivity contribution in [3.63, 3.8) is 0 Å². The Balaban J connectivity index is 1.82. The molecule has 0 radical (unpaired) electrons. The molecule has 0 unspecified atom stereocenters. The van der Waals surface area contributed by atoms with Crippen molar-refractivity contribution in [1.29, 1.82) is 0 Å². The summed E-state index contributed by atoms with van der Waals surface area (Å²) >= 11 is 0. The van der Waals surface area contributed by atoms with E-state index < -0.39 is 5.97 Å². The Kier molecular flexibility index (Phi) is 4.77. The summed E-state index contributed by atoms with van der Waals surface area (Å²) in [4.78, 5) is 26.4. The minimum absolute atomic E-state index is 0.00193. The normalized spacial score (nSPS) is 17.0. The van der Waals surface area contributed by atoms with Crippen molar-refractivity contribution >= 4 is 12.0 Å². The van der Waals surface area contributed by atoms with Crippen LogP contribution >= 0.6 is 0 Å². The summed E-state index contributed by atoms with van der Waals surface area (Å²) in [6, 6.07) is 2.89. The fraction of sp³-hybridized carbons (Fsp3) is 0.533. The quantitative estimate of drug-likeness (QED) is 0.793. The predicted molar refractivity (Wildman–Crippen MR) is 78.1 cm³/mol. The SMILES string of the molecule is CC1(NC(=O)NCc2ccc(C(=O)O)nc2)CCCCC1. The van der Waals surface area contributed by atoms with Crippen molar-refractivity contribution in [3.8, 4) is 0 Å². The van der Waals surface area contributed by atoms with Gasteiger partial charge in [0, 0.05) is 18.3 Å². The molecule has 2 amide bonds. The van der Waals surface area contributed by atoms with Crippen molar-refractivity contribution in [2.24, 2.45) is 0 Å². The van der Waals surface area contributed by atoms with E-state index in [-0.39, 0.29) is 17.3 Å². The molecular formula is C15H21N3O3. The summed E-state index contributed by atoms with van der Waals surface area (Å²) in [5, 5.41) is 14.6. The number of carbonyl (C=O) groups is 2. The molecule has 1 aromatic rings. The molecule has 114 valence electrons. The van der Waals surface area contributed by atoms with E-state index in [0.29, 0.717) is 6.54 Å². The Labute approximate surface area is 124 Å². The standard InChI is InChI=1S/C15H21N3O3/c1-15(7-3-2-4-8-15)18-14(21)17-10-11-5-6-12(13(19)20)16-9-11/h5-6,9H,2-4,7-8,10H2,1H3,(H,19,20)(H2,17,18,21). The summed E-state index contributed by atoms with van der Waals surface area (Å²) in [6.45, 7) is 2.41. The summed E-state index contributed by atoms with van der Waals surface area (Å²) in [7, 11) is 0. The number of aromatic nitrogens is 1. The highest BCUT2D eigenvalue weighted by atomic mass is 16.4. The van der Waals surface area contributed by atoms with E-state index in [1.54, 1.807) is 6.07 Å². The first kappa shape index (κ1) is 15.3. The Bertz CT molecular complexity index is 507. The molecule has 1 saturated carbocycles. The largest absolute Gasteiger partial charge is 0.477 e. The van der Waals surface area contributed by atoms with Crippen molar-refractivity contribution < 1.29 is 14.7 Å². The zero-order chi connectivity index (χ0) is 15.3. The minimum Gasteiger partial charge on any atom is -0.477 e. The summed E-state index contributed by atoms with van der Waals surface area (Å²) in [5.41, 5.74) is 0.648. The fourth-order valence-corrected chi connectivity index (χ4v) is 2.61. The molecule has 1 aromatic heterocycles. The van der Waals surface area contributed by atoms with Crippen LogP contribution in [0, 0.1) is 0 Å². The maximum Gasteiger partial charge on any atom is 0.354 e. The number of rotatable bonds is 4. The Morgan fingerprint density at radius 1 is 1.29 bits per heavy atom. The van der Waals surface area contributed by atoms with E-state index in [4.69, 9.17) is 5.11 Å². The van der Waals surface area contributed by atoms with E-state index in [9.17, 15) is 9.59 Å². The summed E-state index contributed by atoms with van der Waals surface area (Å²) in [5.74, 6) is -1.06. The van der Waals surface area contributed by atoms with Crippen molar-refractivity contribution in [1.82, 2.24) is 15.6 Å². The molecule has 2 rings (SSSR count). The molecule has 1 aliphatic rings. The number of carboxylic acid groups (broad SMARTS) is 1. The van der Waals surface area contributed by atoms with Crippen LogP contribution in [0.1, 0.15) is 55.1 Å². The van der Waals surface area contributed by atoms with E-state index in [0.717, 1.165) is 31.2 Å². The van der Waals surface area contributed by atoms with Crippen LogP contribution in [-0.2, 0) is 6.54 Å². The number of amides is 2. The lowest BCUT2D eigenvalue weighted by Gasteiger charge is -2.34. The lowest BCUT2D eigenvalue weighted by molar-refractivity contribution is 0.0690. The maximum absolute atomic E-state index is 11.9. The Hall–Kier alpha value is -2.11. The van der Waals surface area contributed by atoms with Crippen molar-refractivity contribution in [3.05, 3.63) is 29.6 Å². The van der Waals surface area contributed by atoms with Gasteiger partial charge >= 0.3 is 12.0 Å². The molecule has 1 fully saturated rings. The number of pyridine rings is 1. The lowest BCUT2D eigenvalue weighted by Crippen LogP contribution is -2.50. The monoisotopic (exact) mass is 291 g/mol.